The van der Waals surface area contributed by atoms with E-state index >= 15 is 0 Å². The number of amides is 1. The Morgan fingerprint density at radius 2 is 1.95 bits per heavy atom. The van der Waals surface area contributed by atoms with Gasteiger partial charge in [-0.15, -0.1) is 0 Å². The molecular formula is C15H14BrClN2O. The molecule has 3 N–H and O–H groups in total. The molecular weight excluding hydrogens is 340 g/mol. The molecule has 104 valence electrons. The van der Waals surface area contributed by atoms with E-state index in [0.717, 1.165) is 21.3 Å². The zero-order valence-corrected chi connectivity index (χ0v) is 13.5. The minimum absolute atomic E-state index is 0.258. The molecule has 5 heteroatoms. The quantitative estimate of drug-likeness (QED) is 0.778. The zero-order valence-electron chi connectivity index (χ0n) is 11.1. The van der Waals surface area contributed by atoms with Gasteiger partial charge in [-0.25, -0.2) is 0 Å². The molecule has 0 saturated heterocycles. The normalized spacial score (nSPS) is 10.4. The minimum Gasteiger partial charge on any atom is -0.398 e. The van der Waals surface area contributed by atoms with Crippen LogP contribution in [0.4, 0.5) is 11.4 Å². The molecule has 0 atom stereocenters. The summed E-state index contributed by atoms with van der Waals surface area (Å²) in [6.07, 6.45) is 0. The van der Waals surface area contributed by atoms with Gasteiger partial charge in [0, 0.05) is 15.2 Å². The predicted octanol–water partition coefficient (Wildman–Crippen LogP) is 4.55. The van der Waals surface area contributed by atoms with Crippen LogP contribution in [0.3, 0.4) is 0 Å². The maximum absolute atomic E-state index is 12.3. The van der Waals surface area contributed by atoms with Crippen LogP contribution in [-0.2, 0) is 0 Å². The number of halogens is 2. The first-order valence-corrected chi connectivity index (χ1v) is 7.18. The molecule has 0 aromatic heterocycles. The molecule has 0 unspecified atom stereocenters. The number of aryl methyl sites for hydroxylation is 2. The summed E-state index contributed by atoms with van der Waals surface area (Å²) in [5.74, 6) is -0.258. The summed E-state index contributed by atoms with van der Waals surface area (Å²) >= 11 is 9.29. The first kappa shape index (κ1) is 14.9. The average Bonchev–Trinajstić information content (AvgIpc) is 2.33. The summed E-state index contributed by atoms with van der Waals surface area (Å²) < 4.78 is 0.843. The molecule has 2 aromatic carbocycles. The van der Waals surface area contributed by atoms with E-state index in [1.54, 1.807) is 18.2 Å². The monoisotopic (exact) mass is 352 g/mol. The summed E-state index contributed by atoms with van der Waals surface area (Å²) in [5, 5.41) is 3.38. The Balaban J connectivity index is 2.33. The van der Waals surface area contributed by atoms with Crippen LogP contribution in [0.5, 0.6) is 0 Å². The van der Waals surface area contributed by atoms with Gasteiger partial charge in [0.2, 0.25) is 0 Å². The Hall–Kier alpha value is -1.52. The maximum Gasteiger partial charge on any atom is 0.257 e. The Bertz CT molecular complexity index is 663. The van der Waals surface area contributed by atoms with Crippen molar-refractivity contribution in [3.63, 3.8) is 0 Å². The predicted molar refractivity (Wildman–Crippen MR) is 87.4 cm³/mol. The van der Waals surface area contributed by atoms with Gasteiger partial charge in [-0.3, -0.25) is 4.79 Å². The van der Waals surface area contributed by atoms with Crippen molar-refractivity contribution in [2.24, 2.45) is 0 Å². The van der Waals surface area contributed by atoms with Crippen LogP contribution >= 0.6 is 27.5 Å². The fourth-order valence-electron chi connectivity index (χ4n) is 2.00. The number of hydrogen-bond donors (Lipinski definition) is 2. The van der Waals surface area contributed by atoms with Crippen molar-refractivity contribution in [1.82, 2.24) is 0 Å². The van der Waals surface area contributed by atoms with Gasteiger partial charge >= 0.3 is 0 Å². The molecule has 0 heterocycles. The second-order valence-electron chi connectivity index (χ2n) is 4.62. The van der Waals surface area contributed by atoms with E-state index < -0.39 is 0 Å². The average molecular weight is 354 g/mol. The highest BCUT2D eigenvalue weighted by Gasteiger charge is 2.13. The van der Waals surface area contributed by atoms with E-state index in [9.17, 15) is 4.79 Å². The van der Waals surface area contributed by atoms with Crippen LogP contribution in [0.2, 0.25) is 5.02 Å². The lowest BCUT2D eigenvalue weighted by atomic mass is 10.1. The number of rotatable bonds is 2. The van der Waals surface area contributed by atoms with Crippen LogP contribution in [0.1, 0.15) is 21.5 Å². The number of benzene rings is 2. The number of nitrogens with one attached hydrogen (secondary N) is 1. The summed E-state index contributed by atoms with van der Waals surface area (Å²) in [7, 11) is 0. The maximum atomic E-state index is 12.3. The van der Waals surface area contributed by atoms with Crippen LogP contribution < -0.4 is 11.1 Å². The second-order valence-corrected chi connectivity index (χ2v) is 5.92. The van der Waals surface area contributed by atoms with E-state index in [4.69, 9.17) is 17.3 Å². The van der Waals surface area contributed by atoms with Gasteiger partial charge in [-0.2, -0.15) is 0 Å². The molecule has 0 saturated carbocycles. The van der Waals surface area contributed by atoms with E-state index in [-0.39, 0.29) is 5.91 Å². The Morgan fingerprint density at radius 3 is 2.55 bits per heavy atom. The smallest absolute Gasteiger partial charge is 0.257 e. The third-order valence-corrected chi connectivity index (χ3v) is 3.79. The molecule has 2 aromatic rings. The number of carbonyl (C=O) groups excluding carboxylic acids is 1. The van der Waals surface area contributed by atoms with Gasteiger partial charge in [0.05, 0.1) is 11.3 Å². The van der Waals surface area contributed by atoms with Crippen molar-refractivity contribution in [3.8, 4) is 0 Å². The van der Waals surface area contributed by atoms with Crippen molar-refractivity contribution in [2.45, 2.75) is 13.8 Å². The van der Waals surface area contributed by atoms with E-state index in [2.05, 4.69) is 21.2 Å². The number of nitrogen functional groups attached to an aromatic ring is 1. The van der Waals surface area contributed by atoms with Crippen molar-refractivity contribution in [2.75, 3.05) is 11.1 Å². The fourth-order valence-corrected chi connectivity index (χ4v) is 2.95. The van der Waals surface area contributed by atoms with Crippen LogP contribution in [0.15, 0.2) is 34.8 Å². The molecule has 3 nitrogen and oxygen atoms in total. The SMILES string of the molecule is Cc1cc(C)c(NC(=O)c2ccc(Cl)cc2N)c(Br)c1. The molecule has 0 aliphatic carbocycles. The van der Waals surface area contributed by atoms with Gasteiger partial charge in [-0.1, -0.05) is 17.7 Å². The Labute approximate surface area is 131 Å². The third-order valence-electron chi connectivity index (χ3n) is 2.93. The highest BCUT2D eigenvalue weighted by molar-refractivity contribution is 9.10. The summed E-state index contributed by atoms with van der Waals surface area (Å²) in [5.41, 5.74) is 9.43. The van der Waals surface area contributed by atoms with Crippen molar-refractivity contribution in [3.05, 3.63) is 56.5 Å². The van der Waals surface area contributed by atoms with Crippen molar-refractivity contribution < 1.29 is 4.79 Å². The third kappa shape index (κ3) is 3.14. The highest BCUT2D eigenvalue weighted by Crippen LogP contribution is 2.29. The van der Waals surface area contributed by atoms with E-state index in [1.807, 2.05) is 26.0 Å². The molecule has 0 aliphatic heterocycles. The first-order chi connectivity index (χ1) is 9.38. The first-order valence-electron chi connectivity index (χ1n) is 6.01. The Kier molecular flexibility index (Phi) is 4.35. The highest BCUT2D eigenvalue weighted by atomic mass is 79.9. The number of anilines is 2. The largest absolute Gasteiger partial charge is 0.398 e. The van der Waals surface area contributed by atoms with Crippen LogP contribution in [0, 0.1) is 13.8 Å². The molecule has 0 radical (unpaired) electrons. The number of hydrogen-bond acceptors (Lipinski definition) is 2. The molecule has 0 bridgehead atoms. The molecule has 20 heavy (non-hydrogen) atoms. The van der Waals surface area contributed by atoms with Crippen molar-refractivity contribution in [1.29, 1.82) is 0 Å². The minimum atomic E-state index is -0.258. The Morgan fingerprint density at radius 1 is 1.25 bits per heavy atom. The summed E-state index contributed by atoms with van der Waals surface area (Å²) in [4.78, 5) is 12.3. The van der Waals surface area contributed by atoms with Gasteiger partial charge in [0.1, 0.15) is 0 Å². The second kappa shape index (κ2) is 5.85. The standard InChI is InChI=1S/C15H14BrClN2O/c1-8-5-9(2)14(12(16)6-8)19-15(20)11-4-3-10(17)7-13(11)18/h3-7H,18H2,1-2H3,(H,19,20). The lowest BCUT2D eigenvalue weighted by Gasteiger charge is -2.13. The molecule has 0 fully saturated rings. The van der Waals surface area contributed by atoms with Gasteiger partial charge in [0.25, 0.3) is 5.91 Å². The lowest BCUT2D eigenvalue weighted by Crippen LogP contribution is -2.15. The zero-order chi connectivity index (χ0) is 14.9. The molecule has 1 amide bonds. The molecule has 0 aliphatic rings. The van der Waals surface area contributed by atoms with Crippen LogP contribution in [0.25, 0.3) is 0 Å². The molecule has 0 spiro atoms. The van der Waals surface area contributed by atoms with Crippen LogP contribution in [-0.4, -0.2) is 5.91 Å². The van der Waals surface area contributed by atoms with Crippen molar-refractivity contribution >= 4 is 44.8 Å². The van der Waals surface area contributed by atoms with Gasteiger partial charge < -0.3 is 11.1 Å². The van der Waals surface area contributed by atoms with Gasteiger partial charge in [-0.05, 0) is 65.2 Å². The molecule has 2 rings (SSSR count). The van der Waals surface area contributed by atoms with E-state index in [0.29, 0.717) is 16.3 Å². The van der Waals surface area contributed by atoms with E-state index in [1.165, 1.54) is 0 Å². The van der Waals surface area contributed by atoms with Gasteiger partial charge in [0.15, 0.2) is 0 Å². The fraction of sp³-hybridized carbons (Fsp3) is 0.133. The number of carbonyl (C=O) groups is 1. The summed E-state index contributed by atoms with van der Waals surface area (Å²) in [6.45, 7) is 3.94. The topological polar surface area (TPSA) is 55.1 Å². The summed E-state index contributed by atoms with van der Waals surface area (Å²) in [6, 6.07) is 8.78. The number of nitrogens with two attached hydrogens (primary N) is 1. The lowest BCUT2D eigenvalue weighted by molar-refractivity contribution is 0.102.